The van der Waals surface area contributed by atoms with Crippen molar-refractivity contribution in [1.29, 1.82) is 0 Å². The van der Waals surface area contributed by atoms with Crippen molar-refractivity contribution < 1.29 is 22.7 Å². The molecule has 1 aromatic carbocycles. The molecule has 3 heterocycles. The summed E-state index contributed by atoms with van der Waals surface area (Å²) >= 11 is 3.41. The lowest BCUT2D eigenvalue weighted by atomic mass is 9.87. The standard InChI is InChI=1S/C25H24BrF3N4O2/c1-32-13-20(23(31-32)25(27,28)29)18-9-14(12-26)10-19-17(18)6-8-33(24(19)34)22(15-3-4-15)21-11-16(35-2)5-7-30-21/h5,7,9-11,13,15,22H,3-4,6,8,12H2,1-2H3. The second-order valence-electron chi connectivity index (χ2n) is 9.02. The normalized spacial score (nSPS) is 16.9. The summed E-state index contributed by atoms with van der Waals surface area (Å²) in [5, 5.41) is 4.09. The third kappa shape index (κ3) is 4.44. The number of amides is 1. The monoisotopic (exact) mass is 548 g/mol. The number of benzene rings is 1. The van der Waals surface area contributed by atoms with Gasteiger partial charge in [-0.25, -0.2) is 0 Å². The number of fused-ring (bicyclic) bond motifs is 1. The molecule has 3 aromatic rings. The van der Waals surface area contributed by atoms with Crippen LogP contribution in [0.15, 0.2) is 36.7 Å². The minimum atomic E-state index is -4.60. The molecule has 0 bridgehead atoms. The minimum Gasteiger partial charge on any atom is -0.497 e. The highest BCUT2D eigenvalue weighted by atomic mass is 79.9. The number of halogens is 4. The fourth-order valence-corrected chi connectivity index (χ4v) is 5.27. The maximum absolute atomic E-state index is 13.9. The van der Waals surface area contributed by atoms with Gasteiger partial charge >= 0.3 is 6.18 Å². The second kappa shape index (κ2) is 8.96. The molecular weight excluding hydrogens is 525 g/mol. The highest BCUT2D eigenvalue weighted by Gasteiger charge is 2.43. The molecule has 2 aromatic heterocycles. The fraction of sp³-hybridized carbons (Fsp3) is 0.400. The molecule has 1 amide bonds. The maximum atomic E-state index is 13.9. The molecule has 0 saturated heterocycles. The summed E-state index contributed by atoms with van der Waals surface area (Å²) in [4.78, 5) is 20.2. The number of rotatable bonds is 6. The maximum Gasteiger partial charge on any atom is 0.435 e. The number of hydrogen-bond donors (Lipinski definition) is 0. The Kier molecular flexibility index (Phi) is 6.11. The summed E-state index contributed by atoms with van der Waals surface area (Å²) in [5.74, 6) is 0.786. The van der Waals surface area contributed by atoms with E-state index >= 15 is 0 Å². The Bertz CT molecular complexity index is 1290. The Balaban J connectivity index is 1.60. The zero-order valence-electron chi connectivity index (χ0n) is 19.3. The highest BCUT2D eigenvalue weighted by molar-refractivity contribution is 9.08. The Morgan fingerprint density at radius 2 is 1.94 bits per heavy atom. The number of hydrogen-bond acceptors (Lipinski definition) is 4. The number of carbonyl (C=O) groups is 1. The number of pyridine rings is 1. The molecule has 0 spiro atoms. The highest BCUT2D eigenvalue weighted by Crippen LogP contribution is 2.47. The van der Waals surface area contributed by atoms with Gasteiger partial charge in [0.2, 0.25) is 0 Å². The quantitative estimate of drug-likeness (QED) is 0.379. The van der Waals surface area contributed by atoms with Crippen molar-refractivity contribution in [3.63, 3.8) is 0 Å². The van der Waals surface area contributed by atoms with E-state index in [1.165, 1.54) is 17.9 Å². The van der Waals surface area contributed by atoms with Crippen molar-refractivity contribution in [3.05, 3.63) is 64.7 Å². The zero-order chi connectivity index (χ0) is 24.9. The Hall–Kier alpha value is -2.88. The predicted octanol–water partition coefficient (Wildman–Crippen LogP) is 5.55. The summed E-state index contributed by atoms with van der Waals surface area (Å²) in [6.07, 6.45) is 0.884. The lowest BCUT2D eigenvalue weighted by molar-refractivity contribution is -0.140. The van der Waals surface area contributed by atoms with E-state index in [1.807, 2.05) is 11.0 Å². The first kappa shape index (κ1) is 23.8. The molecule has 1 aliphatic heterocycles. The SMILES string of the molecule is COc1ccnc(C(C2CC2)N2CCc3c(cc(CBr)cc3-c3cn(C)nc3C(F)(F)F)C2=O)c1. The van der Waals surface area contributed by atoms with Gasteiger partial charge in [-0.3, -0.25) is 14.5 Å². The average Bonchev–Trinajstić information content (AvgIpc) is 3.59. The van der Waals surface area contributed by atoms with E-state index in [4.69, 9.17) is 4.74 Å². The summed E-state index contributed by atoms with van der Waals surface area (Å²) in [6.45, 7) is 0.397. The van der Waals surface area contributed by atoms with E-state index in [-0.39, 0.29) is 17.5 Å². The first-order valence-corrected chi connectivity index (χ1v) is 12.5. The van der Waals surface area contributed by atoms with Crippen LogP contribution in [-0.4, -0.2) is 39.2 Å². The molecule has 1 saturated carbocycles. The van der Waals surface area contributed by atoms with Gasteiger partial charge in [0.1, 0.15) is 5.75 Å². The van der Waals surface area contributed by atoms with Gasteiger partial charge in [0.25, 0.3) is 5.91 Å². The third-order valence-electron chi connectivity index (χ3n) is 6.64. The van der Waals surface area contributed by atoms with Gasteiger partial charge in [0, 0.05) is 48.5 Å². The van der Waals surface area contributed by atoms with E-state index in [1.54, 1.807) is 31.5 Å². The molecule has 10 heteroatoms. The molecule has 5 rings (SSSR count). The molecule has 1 atom stereocenters. The number of aryl methyl sites for hydroxylation is 1. The van der Waals surface area contributed by atoms with Crippen molar-refractivity contribution in [3.8, 4) is 16.9 Å². The fourth-order valence-electron chi connectivity index (χ4n) is 4.94. The molecule has 1 fully saturated rings. The molecule has 1 aliphatic carbocycles. The van der Waals surface area contributed by atoms with Crippen LogP contribution in [0.5, 0.6) is 5.75 Å². The van der Waals surface area contributed by atoms with Gasteiger partial charge in [-0.15, -0.1) is 0 Å². The number of alkyl halides is 4. The Labute approximate surface area is 209 Å². The van der Waals surface area contributed by atoms with Crippen LogP contribution in [0.4, 0.5) is 13.2 Å². The van der Waals surface area contributed by atoms with Crippen LogP contribution in [0.2, 0.25) is 0 Å². The molecule has 184 valence electrons. The molecular formula is C25H24BrF3N4O2. The van der Waals surface area contributed by atoms with Gasteiger partial charge in [-0.2, -0.15) is 18.3 Å². The first-order valence-electron chi connectivity index (χ1n) is 11.3. The van der Waals surface area contributed by atoms with Gasteiger partial charge in [-0.1, -0.05) is 15.9 Å². The van der Waals surface area contributed by atoms with Gasteiger partial charge < -0.3 is 9.64 Å². The van der Waals surface area contributed by atoms with Crippen molar-refractivity contribution in [1.82, 2.24) is 19.7 Å². The van der Waals surface area contributed by atoms with Crippen LogP contribution >= 0.6 is 15.9 Å². The van der Waals surface area contributed by atoms with Crippen LogP contribution in [0.25, 0.3) is 11.1 Å². The van der Waals surface area contributed by atoms with Crippen molar-refractivity contribution in [2.45, 2.75) is 36.8 Å². The molecule has 2 aliphatic rings. The van der Waals surface area contributed by atoms with Crippen LogP contribution < -0.4 is 4.74 Å². The van der Waals surface area contributed by atoms with E-state index in [0.717, 1.165) is 24.1 Å². The van der Waals surface area contributed by atoms with Crippen LogP contribution in [0.1, 0.15) is 51.8 Å². The molecule has 6 nitrogen and oxygen atoms in total. The number of aromatic nitrogens is 3. The minimum absolute atomic E-state index is 0.00601. The van der Waals surface area contributed by atoms with Crippen LogP contribution in [0, 0.1) is 5.92 Å². The molecule has 35 heavy (non-hydrogen) atoms. The Morgan fingerprint density at radius 3 is 2.60 bits per heavy atom. The van der Waals surface area contributed by atoms with E-state index in [0.29, 0.717) is 46.7 Å². The Morgan fingerprint density at radius 1 is 1.20 bits per heavy atom. The summed E-state index contributed by atoms with van der Waals surface area (Å²) in [7, 11) is 3.05. The van der Waals surface area contributed by atoms with Crippen LogP contribution in [-0.2, 0) is 25.0 Å². The smallest absolute Gasteiger partial charge is 0.435 e. The number of carbonyl (C=O) groups excluding carboxylic acids is 1. The van der Waals surface area contributed by atoms with E-state index < -0.39 is 11.9 Å². The van der Waals surface area contributed by atoms with Gasteiger partial charge in [-0.05, 0) is 60.1 Å². The van der Waals surface area contributed by atoms with E-state index in [2.05, 4.69) is 26.0 Å². The summed E-state index contributed by atoms with van der Waals surface area (Å²) in [6, 6.07) is 6.93. The summed E-state index contributed by atoms with van der Waals surface area (Å²) < 4.78 is 47.9. The molecule has 0 radical (unpaired) electrons. The number of ether oxygens (including phenoxy) is 1. The van der Waals surface area contributed by atoms with Crippen molar-refractivity contribution in [2.24, 2.45) is 13.0 Å². The summed E-state index contributed by atoms with van der Waals surface area (Å²) in [5.41, 5.74) is 2.03. The predicted molar refractivity (Wildman–Crippen MR) is 127 cm³/mol. The van der Waals surface area contributed by atoms with E-state index in [9.17, 15) is 18.0 Å². The second-order valence-corrected chi connectivity index (χ2v) is 9.58. The van der Waals surface area contributed by atoms with Crippen LogP contribution in [0.3, 0.4) is 0 Å². The topological polar surface area (TPSA) is 60.2 Å². The third-order valence-corrected chi connectivity index (χ3v) is 7.29. The molecule has 0 N–H and O–H groups in total. The average molecular weight is 549 g/mol. The number of methoxy groups -OCH3 is 1. The number of nitrogens with zero attached hydrogens (tertiary/aromatic N) is 4. The van der Waals surface area contributed by atoms with Crippen molar-refractivity contribution >= 4 is 21.8 Å². The first-order chi connectivity index (χ1) is 16.7. The van der Waals surface area contributed by atoms with Crippen molar-refractivity contribution in [2.75, 3.05) is 13.7 Å². The zero-order valence-corrected chi connectivity index (χ0v) is 20.9. The van der Waals surface area contributed by atoms with Gasteiger partial charge in [0.05, 0.1) is 18.8 Å². The largest absolute Gasteiger partial charge is 0.497 e. The molecule has 1 unspecified atom stereocenters. The lowest BCUT2D eigenvalue weighted by Gasteiger charge is -2.36. The van der Waals surface area contributed by atoms with Gasteiger partial charge in [0.15, 0.2) is 5.69 Å². The lowest BCUT2D eigenvalue weighted by Crippen LogP contribution is -2.41.